The lowest BCUT2D eigenvalue weighted by Gasteiger charge is -2.38. The van der Waals surface area contributed by atoms with Gasteiger partial charge in [0.15, 0.2) is 5.78 Å². The van der Waals surface area contributed by atoms with E-state index in [4.69, 9.17) is 4.74 Å². The number of methoxy groups -OCH3 is 1. The second-order valence-corrected chi connectivity index (χ2v) is 8.36. The van der Waals surface area contributed by atoms with Crippen molar-refractivity contribution in [2.75, 3.05) is 19.0 Å². The van der Waals surface area contributed by atoms with Crippen molar-refractivity contribution < 1.29 is 14.3 Å². The average molecular weight is 380 g/mol. The SMILES string of the molecule is COc1ccc2c(c1)C(=O)[C@@](CNc1ccccc1)(C(=O)NC(C)(C)C)CC2. The molecule has 2 aromatic rings. The molecule has 2 aromatic carbocycles. The van der Waals surface area contributed by atoms with E-state index in [9.17, 15) is 9.59 Å². The fraction of sp³-hybridized carbons (Fsp3) is 0.391. The first-order valence-corrected chi connectivity index (χ1v) is 9.58. The number of ether oxygens (including phenoxy) is 1. The van der Waals surface area contributed by atoms with Crippen molar-refractivity contribution in [1.29, 1.82) is 0 Å². The van der Waals surface area contributed by atoms with E-state index >= 15 is 0 Å². The molecule has 0 spiro atoms. The fourth-order valence-corrected chi connectivity index (χ4v) is 3.57. The molecule has 2 N–H and O–H groups in total. The Hall–Kier alpha value is -2.82. The van der Waals surface area contributed by atoms with Crippen LogP contribution in [-0.4, -0.2) is 30.9 Å². The number of nitrogens with one attached hydrogen (secondary N) is 2. The van der Waals surface area contributed by atoms with Gasteiger partial charge in [-0.3, -0.25) is 9.59 Å². The molecule has 1 amide bonds. The highest BCUT2D eigenvalue weighted by atomic mass is 16.5. The van der Waals surface area contributed by atoms with E-state index < -0.39 is 11.0 Å². The van der Waals surface area contributed by atoms with Gasteiger partial charge in [0.05, 0.1) is 7.11 Å². The number of amides is 1. The highest BCUT2D eigenvalue weighted by Crippen LogP contribution is 2.38. The molecule has 0 saturated heterocycles. The van der Waals surface area contributed by atoms with Gasteiger partial charge in [0, 0.05) is 23.3 Å². The molecule has 0 aromatic heterocycles. The smallest absolute Gasteiger partial charge is 0.236 e. The van der Waals surface area contributed by atoms with Crippen LogP contribution < -0.4 is 15.4 Å². The minimum absolute atomic E-state index is 0.155. The van der Waals surface area contributed by atoms with Crippen molar-refractivity contribution in [3.63, 3.8) is 0 Å². The molecule has 0 bridgehead atoms. The van der Waals surface area contributed by atoms with Gasteiger partial charge in [-0.1, -0.05) is 24.3 Å². The standard InChI is InChI=1S/C23H28N2O3/c1-22(2,3)25-21(27)23(15-24-17-8-6-5-7-9-17)13-12-16-10-11-18(28-4)14-19(16)20(23)26/h5-11,14,24H,12-13,15H2,1-4H3,(H,25,27)/t23-/m1/s1. The number of aryl methyl sites for hydroxylation is 1. The van der Waals surface area contributed by atoms with Crippen LogP contribution in [0.3, 0.4) is 0 Å². The predicted octanol–water partition coefficient (Wildman–Crippen LogP) is 3.84. The molecule has 5 nitrogen and oxygen atoms in total. The van der Waals surface area contributed by atoms with Crippen LogP contribution in [0.1, 0.15) is 43.1 Å². The van der Waals surface area contributed by atoms with Gasteiger partial charge in [-0.15, -0.1) is 0 Å². The summed E-state index contributed by atoms with van der Waals surface area (Å²) in [5.74, 6) is 0.231. The summed E-state index contributed by atoms with van der Waals surface area (Å²) in [7, 11) is 1.57. The number of hydrogen-bond donors (Lipinski definition) is 2. The Labute approximate surface area is 166 Å². The third-order valence-electron chi connectivity index (χ3n) is 5.11. The van der Waals surface area contributed by atoms with Crippen LogP contribution in [0.15, 0.2) is 48.5 Å². The van der Waals surface area contributed by atoms with Crippen LogP contribution >= 0.6 is 0 Å². The third kappa shape index (κ3) is 4.03. The Kier molecular flexibility index (Phi) is 5.45. The molecular formula is C23H28N2O3. The molecule has 1 aliphatic rings. The first kappa shape index (κ1) is 19.9. The highest BCUT2D eigenvalue weighted by Gasteiger charge is 2.49. The zero-order chi connectivity index (χ0) is 20.4. The summed E-state index contributed by atoms with van der Waals surface area (Å²) in [6, 6.07) is 15.2. The number of hydrogen-bond acceptors (Lipinski definition) is 4. The first-order valence-electron chi connectivity index (χ1n) is 9.58. The minimum Gasteiger partial charge on any atom is -0.497 e. The number of carbonyl (C=O) groups excluding carboxylic acids is 2. The van der Waals surface area contributed by atoms with Gasteiger partial charge >= 0.3 is 0 Å². The summed E-state index contributed by atoms with van der Waals surface area (Å²) < 4.78 is 5.30. The van der Waals surface area contributed by atoms with Crippen molar-refractivity contribution in [2.24, 2.45) is 5.41 Å². The van der Waals surface area contributed by atoms with Crippen LogP contribution in [-0.2, 0) is 11.2 Å². The van der Waals surface area contributed by atoms with E-state index in [2.05, 4.69) is 10.6 Å². The Bertz CT molecular complexity index is 871. The van der Waals surface area contributed by atoms with E-state index in [0.717, 1.165) is 11.3 Å². The molecule has 148 valence electrons. The van der Waals surface area contributed by atoms with Crippen LogP contribution in [0.4, 0.5) is 5.69 Å². The Morgan fingerprint density at radius 1 is 1.14 bits per heavy atom. The lowest BCUT2D eigenvalue weighted by atomic mass is 9.69. The van der Waals surface area contributed by atoms with Gasteiger partial charge in [-0.2, -0.15) is 0 Å². The molecule has 0 heterocycles. The van der Waals surface area contributed by atoms with Crippen LogP contribution in [0.2, 0.25) is 0 Å². The predicted molar refractivity (Wildman–Crippen MR) is 111 cm³/mol. The van der Waals surface area contributed by atoms with E-state index in [1.54, 1.807) is 13.2 Å². The number of fused-ring (bicyclic) bond motifs is 1. The lowest BCUT2D eigenvalue weighted by molar-refractivity contribution is -0.129. The number of ketones is 1. The van der Waals surface area contributed by atoms with Crippen molar-refractivity contribution >= 4 is 17.4 Å². The number of anilines is 1. The minimum atomic E-state index is -1.16. The number of benzene rings is 2. The molecule has 0 unspecified atom stereocenters. The molecule has 5 heteroatoms. The lowest BCUT2D eigenvalue weighted by Crippen LogP contribution is -2.56. The fourth-order valence-electron chi connectivity index (χ4n) is 3.57. The van der Waals surface area contributed by atoms with Gasteiger partial charge in [0.25, 0.3) is 0 Å². The van der Waals surface area contributed by atoms with E-state index in [-0.39, 0.29) is 18.2 Å². The molecule has 1 aliphatic carbocycles. The number of rotatable bonds is 5. The van der Waals surface area contributed by atoms with Crippen molar-refractivity contribution in [3.8, 4) is 5.75 Å². The summed E-state index contributed by atoms with van der Waals surface area (Å²) in [4.78, 5) is 26.9. The zero-order valence-electron chi connectivity index (χ0n) is 17.0. The second-order valence-electron chi connectivity index (χ2n) is 8.36. The number of para-hydroxylation sites is 1. The third-order valence-corrected chi connectivity index (χ3v) is 5.11. The maximum absolute atomic E-state index is 13.6. The van der Waals surface area contributed by atoms with Gasteiger partial charge in [-0.05, 0) is 63.4 Å². The highest BCUT2D eigenvalue weighted by molar-refractivity contribution is 6.16. The maximum atomic E-state index is 13.6. The Morgan fingerprint density at radius 3 is 2.50 bits per heavy atom. The summed E-state index contributed by atoms with van der Waals surface area (Å²) in [5, 5.41) is 6.32. The Balaban J connectivity index is 1.98. The van der Waals surface area contributed by atoms with E-state index in [1.807, 2.05) is 63.2 Å². The topological polar surface area (TPSA) is 67.4 Å². The molecule has 1 atom stereocenters. The van der Waals surface area contributed by atoms with Gasteiger partial charge < -0.3 is 15.4 Å². The molecule has 0 radical (unpaired) electrons. The monoisotopic (exact) mass is 380 g/mol. The summed E-state index contributed by atoms with van der Waals surface area (Å²) in [6.07, 6.45) is 1.13. The van der Waals surface area contributed by atoms with E-state index in [0.29, 0.717) is 24.2 Å². The zero-order valence-corrected chi connectivity index (χ0v) is 17.0. The normalized spacial score (nSPS) is 18.9. The molecule has 28 heavy (non-hydrogen) atoms. The van der Waals surface area contributed by atoms with Crippen LogP contribution in [0.25, 0.3) is 0 Å². The number of Topliss-reactive ketones (excluding diaryl/α,β-unsaturated/α-hetero) is 1. The maximum Gasteiger partial charge on any atom is 0.236 e. The molecule has 3 rings (SSSR count). The summed E-state index contributed by atoms with van der Waals surface area (Å²) in [6.45, 7) is 6.02. The van der Waals surface area contributed by atoms with Gasteiger partial charge in [-0.25, -0.2) is 0 Å². The molecular weight excluding hydrogens is 352 g/mol. The largest absolute Gasteiger partial charge is 0.497 e. The van der Waals surface area contributed by atoms with Crippen LogP contribution in [0.5, 0.6) is 5.75 Å². The average Bonchev–Trinajstić information content (AvgIpc) is 2.67. The number of carbonyl (C=O) groups is 2. The second kappa shape index (κ2) is 7.66. The molecule has 0 fully saturated rings. The van der Waals surface area contributed by atoms with Gasteiger partial charge in [0.1, 0.15) is 11.2 Å². The quantitative estimate of drug-likeness (QED) is 0.774. The van der Waals surface area contributed by atoms with Crippen molar-refractivity contribution in [3.05, 3.63) is 59.7 Å². The van der Waals surface area contributed by atoms with E-state index in [1.165, 1.54) is 0 Å². The van der Waals surface area contributed by atoms with Crippen LogP contribution in [0, 0.1) is 5.41 Å². The van der Waals surface area contributed by atoms with Crippen molar-refractivity contribution in [2.45, 2.75) is 39.2 Å². The first-order chi connectivity index (χ1) is 13.2. The molecule has 0 saturated carbocycles. The van der Waals surface area contributed by atoms with Crippen molar-refractivity contribution in [1.82, 2.24) is 5.32 Å². The molecule has 0 aliphatic heterocycles. The Morgan fingerprint density at radius 2 is 1.86 bits per heavy atom. The summed E-state index contributed by atoms with van der Waals surface area (Å²) in [5.41, 5.74) is 0.831. The summed E-state index contributed by atoms with van der Waals surface area (Å²) >= 11 is 0. The van der Waals surface area contributed by atoms with Gasteiger partial charge in [0.2, 0.25) is 5.91 Å².